The van der Waals surface area contributed by atoms with Crippen molar-refractivity contribution in [2.45, 2.75) is 104 Å². The molecular weight excluding hydrogens is 785 g/mol. The number of amides is 4. The number of ether oxygens (including phenoxy) is 2. The van der Waals surface area contributed by atoms with Crippen molar-refractivity contribution in [2.75, 3.05) is 40.4 Å². The summed E-state index contributed by atoms with van der Waals surface area (Å²) in [5.41, 5.74) is 6.40. The third kappa shape index (κ3) is 8.39. The number of hydrogen-bond acceptors (Lipinski definition) is 11. The first-order valence-corrected chi connectivity index (χ1v) is 21.8. The number of thiazole rings is 1. The normalized spacial score (nSPS) is 21.9. The number of aryl methyl sites for hydroxylation is 1. The summed E-state index contributed by atoms with van der Waals surface area (Å²) in [6.45, 7) is 13.9. The minimum Gasteiger partial charge on any atom is -0.462 e. The second-order valence-corrected chi connectivity index (χ2v) is 18.4. The molecule has 3 aliphatic rings. The topological polar surface area (TPSA) is 171 Å². The summed E-state index contributed by atoms with van der Waals surface area (Å²) >= 11 is 1.38. The predicted octanol–water partition coefficient (Wildman–Crippen LogP) is 5.30. The molecule has 2 saturated heterocycles. The summed E-state index contributed by atoms with van der Waals surface area (Å²) < 4.78 is 14.0. The highest BCUT2D eigenvalue weighted by Crippen LogP contribution is 2.42. The number of benzene rings is 1. The lowest BCUT2D eigenvalue weighted by Gasteiger charge is -2.41. The quantitative estimate of drug-likeness (QED) is 0.198. The minimum atomic E-state index is -2.19. The van der Waals surface area contributed by atoms with Gasteiger partial charge in [0.1, 0.15) is 12.1 Å². The third-order valence-electron chi connectivity index (χ3n) is 12.0. The number of cyclic esters (lactones) is 1. The van der Waals surface area contributed by atoms with E-state index in [4.69, 9.17) is 19.4 Å². The van der Waals surface area contributed by atoms with Crippen LogP contribution in [0.2, 0.25) is 0 Å². The van der Waals surface area contributed by atoms with Gasteiger partial charge in [-0.3, -0.25) is 19.6 Å². The number of pyridine rings is 1. The van der Waals surface area contributed by atoms with Gasteiger partial charge < -0.3 is 34.3 Å². The van der Waals surface area contributed by atoms with Crippen molar-refractivity contribution in [2.24, 2.45) is 11.3 Å². The number of carbonyl (C=O) groups is 4. The van der Waals surface area contributed by atoms with Crippen molar-refractivity contribution >= 4 is 46.1 Å². The van der Waals surface area contributed by atoms with Gasteiger partial charge in [0, 0.05) is 92.2 Å². The molecule has 3 aliphatic heterocycles. The number of carbonyl (C=O) groups excluding carboxylic acids is 4. The zero-order valence-corrected chi connectivity index (χ0v) is 36.7. The van der Waals surface area contributed by atoms with E-state index in [1.165, 1.54) is 21.2 Å². The number of methoxy groups -OCH3 is 1. The van der Waals surface area contributed by atoms with Gasteiger partial charge >= 0.3 is 12.0 Å². The van der Waals surface area contributed by atoms with E-state index in [1.807, 2.05) is 46.1 Å². The van der Waals surface area contributed by atoms with Gasteiger partial charge in [0.2, 0.25) is 11.6 Å². The van der Waals surface area contributed by atoms with E-state index in [-0.39, 0.29) is 44.0 Å². The minimum absolute atomic E-state index is 0.0140. The van der Waals surface area contributed by atoms with Crippen LogP contribution in [0.4, 0.5) is 4.79 Å². The van der Waals surface area contributed by atoms with Gasteiger partial charge in [0.15, 0.2) is 0 Å². The fourth-order valence-corrected chi connectivity index (χ4v) is 9.49. The average Bonchev–Trinajstić information content (AvgIpc) is 3.79. The van der Waals surface area contributed by atoms with Crippen LogP contribution in [0.5, 0.6) is 0 Å². The van der Waals surface area contributed by atoms with Crippen molar-refractivity contribution in [3.63, 3.8) is 0 Å². The number of likely N-dealkylation sites (tertiary alicyclic amines) is 1. The predicted molar refractivity (Wildman–Crippen MR) is 228 cm³/mol. The second-order valence-electron chi connectivity index (χ2n) is 17.4. The highest BCUT2D eigenvalue weighted by Gasteiger charge is 2.46. The molecule has 1 aromatic carbocycles. The zero-order chi connectivity index (χ0) is 43.1. The molecule has 0 unspecified atom stereocenters. The maximum absolute atomic E-state index is 14.5. The van der Waals surface area contributed by atoms with Crippen LogP contribution in [0.25, 0.3) is 33.4 Å². The largest absolute Gasteiger partial charge is 0.462 e. The van der Waals surface area contributed by atoms with Crippen LogP contribution >= 0.6 is 11.3 Å². The first kappa shape index (κ1) is 43.2. The Morgan fingerprint density at radius 1 is 1.15 bits per heavy atom. The smallest absolute Gasteiger partial charge is 0.355 e. The Balaban J connectivity index is 1.33. The third-order valence-corrected chi connectivity index (χ3v) is 12.9. The summed E-state index contributed by atoms with van der Waals surface area (Å²) in [6, 6.07) is 8.04. The molecule has 0 spiro atoms. The number of nitrogens with zero attached hydrogens (tertiary/aromatic N) is 6. The lowest BCUT2D eigenvalue weighted by atomic mass is 9.84. The van der Waals surface area contributed by atoms with Crippen LogP contribution in [0.1, 0.15) is 83.2 Å². The average molecular weight is 843 g/mol. The number of rotatable bonds is 8. The van der Waals surface area contributed by atoms with Crippen LogP contribution in [0.15, 0.2) is 41.9 Å². The maximum Gasteiger partial charge on any atom is 0.355 e. The van der Waals surface area contributed by atoms with E-state index in [0.29, 0.717) is 37.5 Å². The van der Waals surface area contributed by atoms with E-state index in [0.717, 1.165) is 51.1 Å². The summed E-state index contributed by atoms with van der Waals surface area (Å²) in [5.74, 6) is -2.20. The van der Waals surface area contributed by atoms with Crippen molar-refractivity contribution in [1.29, 1.82) is 0 Å². The first-order valence-electron chi connectivity index (χ1n) is 20.9. The standard InChI is InChI=1S/C44H58N8O7S/c1-9-51-34-15-14-28-21-30(34)31(38(51)29-13-10-17-45-36(29)27(4)58-8)23-43(5,6)25-59-41(55)44(57)16-11-20-52(48-44)40(54)32(22-35-46-33(28)24-60-35)47-39(53)37(26(2)3)49(7)42(56)50-18-12-19-50/h10,13-15,17,21,24,26-27,32,37,48,57H,9,11-12,16,18-20,22-23,25H2,1-8H3,(H,47,53)/t27-,32-,37-,44-/m0/s1. The van der Waals surface area contributed by atoms with Gasteiger partial charge in [-0.2, -0.15) is 5.43 Å². The number of urea groups is 1. The SMILES string of the molecule is CCn1c(-c2cccnc2[C@H](C)OC)c2c3cc(ccc31)-c1csc(n1)C[C@H](NC(=O)[C@H](C(C)C)N(C)C(=O)N1CCC1)C(=O)N1CCC[C@@](O)(N1)C(=O)OCC(C)(C)C2. The van der Waals surface area contributed by atoms with Gasteiger partial charge in [-0.15, -0.1) is 11.3 Å². The highest BCUT2D eigenvalue weighted by molar-refractivity contribution is 7.10. The molecule has 4 aromatic rings. The number of aliphatic hydroxyl groups is 1. The Morgan fingerprint density at radius 2 is 1.92 bits per heavy atom. The number of likely N-dealkylation sites (N-methyl/N-ethyl adjacent to an activating group) is 1. The lowest BCUT2D eigenvalue weighted by Crippen LogP contribution is -2.67. The van der Waals surface area contributed by atoms with Crippen LogP contribution < -0.4 is 10.7 Å². The fourth-order valence-electron chi connectivity index (χ4n) is 8.64. The van der Waals surface area contributed by atoms with Gasteiger partial charge in [-0.25, -0.2) is 14.6 Å². The first-order chi connectivity index (χ1) is 28.6. The summed E-state index contributed by atoms with van der Waals surface area (Å²) in [5, 5.41) is 19.5. The second kappa shape index (κ2) is 17.2. The number of aromatic nitrogens is 3. The molecule has 16 heteroatoms. The van der Waals surface area contributed by atoms with Crippen LogP contribution in [0, 0.1) is 11.3 Å². The van der Waals surface area contributed by atoms with Crippen molar-refractivity contribution < 1.29 is 33.8 Å². The van der Waals surface area contributed by atoms with Crippen molar-refractivity contribution in [3.05, 3.63) is 58.2 Å². The molecule has 3 N–H and O–H groups in total. The van der Waals surface area contributed by atoms with Gasteiger partial charge in [-0.1, -0.05) is 33.8 Å². The molecule has 0 aliphatic carbocycles. The molecular formula is C44H58N8O7S. The van der Waals surface area contributed by atoms with Gasteiger partial charge in [0.25, 0.3) is 5.91 Å². The molecule has 15 nitrogen and oxygen atoms in total. The monoisotopic (exact) mass is 842 g/mol. The molecule has 0 saturated carbocycles. The van der Waals surface area contributed by atoms with E-state index in [9.17, 15) is 24.3 Å². The lowest BCUT2D eigenvalue weighted by molar-refractivity contribution is -0.189. The van der Waals surface area contributed by atoms with Crippen LogP contribution in [0.3, 0.4) is 0 Å². The summed E-state index contributed by atoms with van der Waals surface area (Å²) in [6.07, 6.45) is 3.26. The number of esters is 1. The van der Waals surface area contributed by atoms with E-state index in [1.54, 1.807) is 25.3 Å². The molecule has 6 bridgehead atoms. The van der Waals surface area contributed by atoms with E-state index >= 15 is 0 Å². The van der Waals surface area contributed by atoms with Gasteiger partial charge in [0.05, 0.1) is 34.8 Å². The summed E-state index contributed by atoms with van der Waals surface area (Å²) in [4.78, 5) is 68.7. The molecule has 60 heavy (non-hydrogen) atoms. The molecule has 4 atom stereocenters. The molecule has 0 radical (unpaired) electrons. The molecule has 2 fully saturated rings. The van der Waals surface area contributed by atoms with Crippen molar-refractivity contribution in [3.8, 4) is 22.5 Å². The van der Waals surface area contributed by atoms with E-state index in [2.05, 4.69) is 46.5 Å². The zero-order valence-electron chi connectivity index (χ0n) is 35.9. The molecule has 6 heterocycles. The Bertz CT molecular complexity index is 2270. The summed E-state index contributed by atoms with van der Waals surface area (Å²) in [7, 11) is 3.28. The molecule has 7 rings (SSSR count). The Hall–Kier alpha value is -4.90. The highest BCUT2D eigenvalue weighted by atomic mass is 32.1. The number of fused-ring (bicyclic) bond motifs is 6. The van der Waals surface area contributed by atoms with Crippen LogP contribution in [-0.4, -0.2) is 116 Å². The van der Waals surface area contributed by atoms with Crippen LogP contribution in [-0.2, 0) is 43.2 Å². The van der Waals surface area contributed by atoms with Crippen molar-refractivity contribution in [1.82, 2.24) is 40.1 Å². The number of hydrogen-bond donors (Lipinski definition) is 3. The Kier molecular flexibility index (Phi) is 12.4. The molecule has 3 aromatic heterocycles. The fraction of sp³-hybridized carbons (Fsp3) is 0.545. The van der Waals surface area contributed by atoms with E-state index < -0.39 is 41.0 Å². The molecule has 322 valence electrons. The number of hydrazine groups is 1. The Morgan fingerprint density at radius 3 is 2.60 bits per heavy atom. The maximum atomic E-state index is 14.5. The number of nitrogens with one attached hydrogen (secondary N) is 2. The Labute approximate surface area is 355 Å². The van der Waals surface area contributed by atoms with Gasteiger partial charge in [-0.05, 0) is 68.9 Å². The molecule has 4 amide bonds.